The van der Waals surface area contributed by atoms with E-state index in [0.717, 1.165) is 23.3 Å². The summed E-state index contributed by atoms with van der Waals surface area (Å²) < 4.78 is 47.4. The predicted molar refractivity (Wildman–Crippen MR) is 117 cm³/mol. The number of methoxy groups -OCH3 is 1. The molecular weight excluding hydrogens is 433 g/mol. The third-order valence-corrected chi connectivity index (χ3v) is 5.55. The molecule has 2 aromatic heterocycles. The third-order valence-electron chi connectivity index (χ3n) is 5.55. The third kappa shape index (κ3) is 4.72. The fraction of sp³-hybridized carbons (Fsp3) is 0.250. The summed E-state index contributed by atoms with van der Waals surface area (Å²) in [6.45, 7) is 3.02. The molecule has 6 nitrogen and oxygen atoms in total. The monoisotopic (exact) mass is 454 g/mol. The number of rotatable bonds is 6. The van der Waals surface area contributed by atoms with Crippen LogP contribution >= 0.6 is 0 Å². The fourth-order valence-electron chi connectivity index (χ4n) is 3.74. The molecule has 33 heavy (non-hydrogen) atoms. The van der Waals surface area contributed by atoms with Gasteiger partial charge in [0.2, 0.25) is 0 Å². The molecule has 0 atom stereocenters. The SMILES string of the molecule is COc1cc(F)c(C(=O)Cc2cnc(C3=C(C)CCN(c4ncccc4F)C3)cn2)c(F)c1. The Hall–Kier alpha value is -3.75. The number of carbonyl (C=O) groups is 1. The minimum absolute atomic E-state index is 0.0125. The van der Waals surface area contributed by atoms with Gasteiger partial charge in [-0.3, -0.25) is 14.8 Å². The molecule has 1 aliphatic rings. The van der Waals surface area contributed by atoms with Crippen LogP contribution in [0, 0.1) is 17.5 Å². The fourth-order valence-corrected chi connectivity index (χ4v) is 3.74. The predicted octanol–water partition coefficient (Wildman–Crippen LogP) is 4.41. The first kappa shape index (κ1) is 22.4. The molecule has 0 fully saturated rings. The maximum absolute atomic E-state index is 14.2. The van der Waals surface area contributed by atoms with E-state index in [0.29, 0.717) is 25.2 Å². The molecule has 0 amide bonds. The van der Waals surface area contributed by atoms with Crippen LogP contribution in [0.2, 0.25) is 0 Å². The van der Waals surface area contributed by atoms with Gasteiger partial charge < -0.3 is 9.64 Å². The van der Waals surface area contributed by atoms with Gasteiger partial charge in [-0.2, -0.15) is 0 Å². The number of Topliss-reactive ketones (excluding diaryl/α,β-unsaturated/α-hetero) is 1. The lowest BCUT2D eigenvalue weighted by atomic mass is 9.99. The van der Waals surface area contributed by atoms with E-state index in [1.165, 1.54) is 25.6 Å². The quantitative estimate of drug-likeness (QED) is 0.514. The molecule has 1 aliphatic heterocycles. The average Bonchev–Trinajstić information content (AvgIpc) is 2.80. The molecule has 0 radical (unpaired) electrons. The molecule has 0 saturated carbocycles. The Balaban J connectivity index is 1.51. The smallest absolute Gasteiger partial charge is 0.174 e. The van der Waals surface area contributed by atoms with Crippen LogP contribution in [-0.4, -0.2) is 40.9 Å². The lowest BCUT2D eigenvalue weighted by molar-refractivity contribution is 0.0983. The normalized spacial score (nSPS) is 13.9. The van der Waals surface area contributed by atoms with Crippen molar-refractivity contribution in [1.82, 2.24) is 15.0 Å². The topological polar surface area (TPSA) is 68.2 Å². The minimum Gasteiger partial charge on any atom is -0.497 e. The number of nitrogens with zero attached hydrogens (tertiary/aromatic N) is 4. The average molecular weight is 454 g/mol. The molecule has 3 aromatic rings. The molecule has 9 heteroatoms. The van der Waals surface area contributed by atoms with E-state index in [4.69, 9.17) is 4.74 Å². The van der Waals surface area contributed by atoms with Crippen molar-refractivity contribution in [1.29, 1.82) is 0 Å². The van der Waals surface area contributed by atoms with Crippen LogP contribution in [0.3, 0.4) is 0 Å². The highest BCUT2D eigenvalue weighted by atomic mass is 19.1. The van der Waals surface area contributed by atoms with Crippen LogP contribution in [0.25, 0.3) is 5.57 Å². The molecule has 1 aromatic carbocycles. The number of halogens is 3. The van der Waals surface area contributed by atoms with Gasteiger partial charge in [0.25, 0.3) is 0 Å². The van der Waals surface area contributed by atoms with E-state index in [-0.39, 0.29) is 23.7 Å². The van der Waals surface area contributed by atoms with E-state index in [2.05, 4.69) is 15.0 Å². The van der Waals surface area contributed by atoms with E-state index in [9.17, 15) is 18.0 Å². The lowest BCUT2D eigenvalue weighted by Gasteiger charge is -2.30. The number of aromatic nitrogens is 3. The Morgan fingerprint density at radius 3 is 2.48 bits per heavy atom. The summed E-state index contributed by atoms with van der Waals surface area (Å²) in [6.07, 6.45) is 4.87. The number of ether oxygens (including phenoxy) is 1. The molecule has 4 rings (SSSR count). The van der Waals surface area contributed by atoms with Gasteiger partial charge in [-0.1, -0.05) is 5.57 Å². The van der Waals surface area contributed by atoms with Crippen molar-refractivity contribution in [3.05, 3.63) is 82.8 Å². The standard InChI is InChI=1S/C24H21F3N4O2/c1-14-5-7-31(24-18(25)4-3-6-28-24)13-17(14)21-12-29-15(11-30-21)8-22(32)23-19(26)9-16(33-2)10-20(23)27/h3-4,6,9-12H,5,7-8,13H2,1-2H3. The van der Waals surface area contributed by atoms with Crippen molar-refractivity contribution in [2.24, 2.45) is 0 Å². The number of anilines is 1. The molecule has 170 valence electrons. The number of hydrogen-bond donors (Lipinski definition) is 0. The second-order valence-electron chi connectivity index (χ2n) is 7.70. The van der Waals surface area contributed by atoms with Crippen molar-refractivity contribution >= 4 is 17.2 Å². The van der Waals surface area contributed by atoms with Crippen LogP contribution in [-0.2, 0) is 6.42 Å². The zero-order chi connectivity index (χ0) is 23.5. The van der Waals surface area contributed by atoms with Gasteiger partial charge in [0.1, 0.15) is 17.4 Å². The van der Waals surface area contributed by atoms with Gasteiger partial charge in [-0.25, -0.2) is 18.2 Å². The Morgan fingerprint density at radius 1 is 1.09 bits per heavy atom. The van der Waals surface area contributed by atoms with Crippen LogP contribution in [0.4, 0.5) is 19.0 Å². The van der Waals surface area contributed by atoms with Crippen LogP contribution in [0.15, 0.2) is 48.4 Å². The summed E-state index contributed by atoms with van der Waals surface area (Å²) in [7, 11) is 1.28. The molecule has 0 saturated heterocycles. The Bertz CT molecular complexity index is 1210. The summed E-state index contributed by atoms with van der Waals surface area (Å²) in [5, 5.41) is 0. The number of pyridine rings is 1. The van der Waals surface area contributed by atoms with Crippen molar-refractivity contribution in [2.75, 3.05) is 25.1 Å². The molecular formula is C24H21F3N4O2. The van der Waals surface area contributed by atoms with E-state index < -0.39 is 28.8 Å². The van der Waals surface area contributed by atoms with Crippen LogP contribution in [0.1, 0.15) is 35.1 Å². The first-order valence-corrected chi connectivity index (χ1v) is 10.3. The summed E-state index contributed by atoms with van der Waals surface area (Å²) in [4.78, 5) is 27.1. The number of carbonyl (C=O) groups excluding carboxylic acids is 1. The number of ketones is 1. The van der Waals surface area contributed by atoms with Gasteiger partial charge in [0.15, 0.2) is 17.4 Å². The first-order valence-electron chi connectivity index (χ1n) is 10.3. The zero-order valence-electron chi connectivity index (χ0n) is 18.1. The maximum atomic E-state index is 14.2. The minimum atomic E-state index is -0.994. The Kier molecular flexibility index (Phi) is 6.39. The van der Waals surface area contributed by atoms with E-state index >= 15 is 0 Å². The van der Waals surface area contributed by atoms with E-state index in [1.54, 1.807) is 12.3 Å². The molecule has 0 bridgehead atoms. The van der Waals surface area contributed by atoms with Crippen molar-refractivity contribution < 1.29 is 22.7 Å². The second kappa shape index (κ2) is 9.40. The van der Waals surface area contributed by atoms with E-state index in [1.807, 2.05) is 11.8 Å². The molecule has 0 aliphatic carbocycles. The van der Waals surface area contributed by atoms with Crippen LogP contribution in [0.5, 0.6) is 5.75 Å². The van der Waals surface area contributed by atoms with Crippen LogP contribution < -0.4 is 9.64 Å². The summed E-state index contributed by atoms with van der Waals surface area (Å²) >= 11 is 0. The Labute approximate surface area is 188 Å². The maximum Gasteiger partial charge on any atom is 0.174 e. The second-order valence-corrected chi connectivity index (χ2v) is 7.70. The number of benzene rings is 1. The Morgan fingerprint density at radius 2 is 1.85 bits per heavy atom. The highest BCUT2D eigenvalue weighted by Crippen LogP contribution is 2.29. The van der Waals surface area contributed by atoms with Gasteiger partial charge >= 0.3 is 0 Å². The summed E-state index contributed by atoms with van der Waals surface area (Å²) in [6, 6.07) is 4.83. The lowest BCUT2D eigenvalue weighted by Crippen LogP contribution is -2.32. The molecule has 3 heterocycles. The largest absolute Gasteiger partial charge is 0.497 e. The first-order chi connectivity index (χ1) is 15.9. The van der Waals surface area contributed by atoms with Crippen molar-refractivity contribution in [3.63, 3.8) is 0 Å². The number of hydrogen-bond acceptors (Lipinski definition) is 6. The highest BCUT2D eigenvalue weighted by molar-refractivity contribution is 5.98. The highest BCUT2D eigenvalue weighted by Gasteiger charge is 2.23. The van der Waals surface area contributed by atoms with Gasteiger partial charge in [-0.15, -0.1) is 0 Å². The van der Waals surface area contributed by atoms with Gasteiger partial charge in [0.05, 0.1) is 36.7 Å². The van der Waals surface area contributed by atoms with Gasteiger partial charge in [-0.05, 0) is 31.1 Å². The molecule has 0 unspecified atom stereocenters. The summed E-state index contributed by atoms with van der Waals surface area (Å²) in [5.74, 6) is -2.87. The van der Waals surface area contributed by atoms with Gasteiger partial charge in [0, 0.05) is 37.6 Å². The van der Waals surface area contributed by atoms with Crippen molar-refractivity contribution in [2.45, 2.75) is 19.8 Å². The summed E-state index contributed by atoms with van der Waals surface area (Å²) in [5.41, 5.74) is 2.22. The zero-order valence-corrected chi connectivity index (χ0v) is 18.1. The molecule has 0 spiro atoms. The van der Waals surface area contributed by atoms with Crippen molar-refractivity contribution in [3.8, 4) is 5.75 Å². The molecule has 0 N–H and O–H groups in total.